The minimum atomic E-state index is 0. The molecule has 2 rings (SSSR count). The van der Waals surface area contributed by atoms with Crippen molar-refractivity contribution in [3.63, 3.8) is 0 Å². The Balaban J connectivity index is 0. The summed E-state index contributed by atoms with van der Waals surface area (Å²) >= 11 is 0. The molecule has 0 aliphatic carbocycles. The monoisotopic (exact) mass is 292 g/mol. The van der Waals surface area contributed by atoms with Gasteiger partial charge >= 0.3 is 0 Å². The summed E-state index contributed by atoms with van der Waals surface area (Å²) in [6.07, 6.45) is 8.30. The van der Waals surface area contributed by atoms with Gasteiger partial charge < -0.3 is 9.13 Å². The lowest BCUT2D eigenvalue weighted by molar-refractivity contribution is 0.604. The second kappa shape index (κ2) is 12.3. The molecule has 0 spiro atoms. The molecule has 0 saturated carbocycles. The summed E-state index contributed by atoms with van der Waals surface area (Å²) in [5, 5.41) is 0. The molecule has 2 heterocycles. The first kappa shape index (κ1) is 21.9. The van der Waals surface area contributed by atoms with Crippen LogP contribution in [0.4, 0.5) is 0 Å². The summed E-state index contributed by atoms with van der Waals surface area (Å²) in [4.78, 5) is 0. The molecule has 0 radical (unpaired) electrons. The topological polar surface area (TPSA) is 9.86 Å². The van der Waals surface area contributed by atoms with Crippen molar-refractivity contribution in [1.29, 1.82) is 0 Å². The van der Waals surface area contributed by atoms with E-state index in [2.05, 4.69) is 82.4 Å². The lowest BCUT2D eigenvalue weighted by atomic mass is 10.3. The summed E-state index contributed by atoms with van der Waals surface area (Å²) in [7, 11) is 0. The molecule has 0 aliphatic heterocycles. The van der Waals surface area contributed by atoms with E-state index in [1.807, 2.05) is 24.3 Å². The molecular formula is C19H36N2. The van der Waals surface area contributed by atoms with Crippen LogP contribution in [-0.2, 0) is 0 Å². The third-order valence-electron chi connectivity index (χ3n) is 2.45. The highest BCUT2D eigenvalue weighted by Gasteiger charge is 1.90. The van der Waals surface area contributed by atoms with Crippen molar-refractivity contribution in [2.45, 2.75) is 68.0 Å². The van der Waals surface area contributed by atoms with Crippen molar-refractivity contribution < 1.29 is 0 Å². The van der Waals surface area contributed by atoms with Crippen molar-refractivity contribution in [1.82, 2.24) is 9.13 Å². The van der Waals surface area contributed by atoms with Crippen molar-refractivity contribution in [3.05, 3.63) is 49.1 Å². The highest BCUT2D eigenvalue weighted by atomic mass is 15.0. The van der Waals surface area contributed by atoms with Crippen LogP contribution < -0.4 is 0 Å². The Bertz CT molecular complexity index is 354. The van der Waals surface area contributed by atoms with E-state index in [4.69, 9.17) is 0 Å². The first-order chi connectivity index (χ1) is 9.34. The van der Waals surface area contributed by atoms with Gasteiger partial charge in [-0.05, 0) is 57.9 Å². The molecule has 2 nitrogen and oxygen atoms in total. The Labute approximate surface area is 132 Å². The molecule has 122 valence electrons. The summed E-state index contributed by atoms with van der Waals surface area (Å²) in [6, 6.07) is 9.37. The fraction of sp³-hybridized carbons (Fsp3) is 0.579. The van der Waals surface area contributed by atoms with E-state index in [1.165, 1.54) is 0 Å². The first-order valence-electron chi connectivity index (χ1n) is 7.59. The highest BCUT2D eigenvalue weighted by Crippen LogP contribution is 2.02. The maximum absolute atomic E-state index is 2.17. The maximum Gasteiger partial charge on any atom is 0.0274 e. The van der Waals surface area contributed by atoms with Gasteiger partial charge in [0.25, 0.3) is 0 Å². The molecule has 0 bridgehead atoms. The number of hydrogen-bond donors (Lipinski definition) is 0. The summed E-state index contributed by atoms with van der Waals surface area (Å²) in [6.45, 7) is 15.2. The fourth-order valence-electron chi connectivity index (χ4n) is 1.38. The van der Waals surface area contributed by atoms with E-state index in [-0.39, 0.29) is 7.43 Å². The molecule has 0 unspecified atom stereocenters. The van der Waals surface area contributed by atoms with E-state index in [1.54, 1.807) is 0 Å². The maximum atomic E-state index is 2.17. The molecule has 0 fully saturated rings. The quantitative estimate of drug-likeness (QED) is 0.603. The Kier molecular flexibility index (Phi) is 12.8. The zero-order valence-corrected chi connectivity index (χ0v) is 14.2. The zero-order valence-electron chi connectivity index (χ0n) is 14.2. The fourth-order valence-corrected chi connectivity index (χ4v) is 1.38. The normalized spacial score (nSPS) is 9.62. The molecule has 21 heavy (non-hydrogen) atoms. The van der Waals surface area contributed by atoms with Crippen LogP contribution in [0.15, 0.2) is 49.1 Å². The predicted molar refractivity (Wildman–Crippen MR) is 96.9 cm³/mol. The molecule has 0 saturated heterocycles. The van der Waals surface area contributed by atoms with Crippen LogP contribution in [0.25, 0.3) is 0 Å². The third-order valence-corrected chi connectivity index (χ3v) is 2.45. The molecule has 2 aromatic heterocycles. The smallest absolute Gasteiger partial charge is 0.0274 e. The van der Waals surface area contributed by atoms with E-state index >= 15 is 0 Å². The molecule has 0 aliphatic rings. The van der Waals surface area contributed by atoms with Crippen molar-refractivity contribution in [2.75, 3.05) is 0 Å². The van der Waals surface area contributed by atoms with Gasteiger partial charge in [0.05, 0.1) is 0 Å². The van der Waals surface area contributed by atoms with E-state index < -0.39 is 0 Å². The Morgan fingerprint density at radius 1 is 0.524 bits per heavy atom. The van der Waals surface area contributed by atoms with Crippen LogP contribution in [0.3, 0.4) is 0 Å². The van der Waals surface area contributed by atoms with Crippen LogP contribution >= 0.6 is 0 Å². The van der Waals surface area contributed by atoms with Gasteiger partial charge in [0.2, 0.25) is 0 Å². The molecule has 0 aromatic carbocycles. The lowest BCUT2D eigenvalue weighted by Gasteiger charge is -2.03. The van der Waals surface area contributed by atoms with Crippen molar-refractivity contribution >= 4 is 0 Å². The molecule has 0 amide bonds. The van der Waals surface area contributed by atoms with Crippen molar-refractivity contribution in [3.8, 4) is 0 Å². The van der Waals surface area contributed by atoms with Gasteiger partial charge in [-0.15, -0.1) is 0 Å². The molecule has 0 atom stereocenters. The summed E-state index contributed by atoms with van der Waals surface area (Å²) < 4.78 is 4.33. The van der Waals surface area contributed by atoms with Gasteiger partial charge in [-0.25, -0.2) is 0 Å². The van der Waals surface area contributed by atoms with E-state index in [9.17, 15) is 0 Å². The number of aromatic nitrogens is 2. The third kappa shape index (κ3) is 12.0. The largest absolute Gasteiger partial charge is 0.352 e. The average Bonchev–Trinajstić information content (AvgIpc) is 3.03. The SMILES string of the molecule is C.CC(C)C.CC(C)n1cccc1.CC(C)n1cccc1. The Morgan fingerprint density at radius 2 is 0.714 bits per heavy atom. The minimum absolute atomic E-state index is 0. The van der Waals surface area contributed by atoms with E-state index in [0.717, 1.165) is 5.92 Å². The number of nitrogens with zero attached hydrogens (tertiary/aromatic N) is 2. The van der Waals surface area contributed by atoms with Gasteiger partial charge in [0, 0.05) is 36.9 Å². The molecular weight excluding hydrogens is 256 g/mol. The predicted octanol–water partition coefficient (Wildman–Crippen LogP) is 6.44. The summed E-state index contributed by atoms with van der Waals surface area (Å²) in [5.41, 5.74) is 0. The zero-order chi connectivity index (χ0) is 15.5. The highest BCUT2D eigenvalue weighted by molar-refractivity contribution is 4.92. The Hall–Kier alpha value is -1.44. The number of hydrogen-bond acceptors (Lipinski definition) is 0. The first-order valence-corrected chi connectivity index (χ1v) is 7.59. The second-order valence-corrected chi connectivity index (χ2v) is 6.18. The molecule has 2 heteroatoms. The number of rotatable bonds is 2. The second-order valence-electron chi connectivity index (χ2n) is 6.18. The van der Waals surface area contributed by atoms with Gasteiger partial charge in [-0.3, -0.25) is 0 Å². The molecule has 2 aromatic rings. The van der Waals surface area contributed by atoms with Crippen molar-refractivity contribution in [2.24, 2.45) is 5.92 Å². The van der Waals surface area contributed by atoms with Gasteiger partial charge in [0.1, 0.15) is 0 Å². The molecule has 0 N–H and O–H groups in total. The standard InChI is InChI=1S/2C7H11N.C4H10.CH4/c2*1-7(2)8-5-3-4-6-8;1-4(2)3;/h2*3-7H,1-2H3;4H,1-3H3;1H4. The lowest BCUT2D eigenvalue weighted by Crippen LogP contribution is -1.94. The van der Waals surface area contributed by atoms with E-state index in [0.29, 0.717) is 12.1 Å². The van der Waals surface area contributed by atoms with Gasteiger partial charge in [-0.2, -0.15) is 0 Å². The minimum Gasteiger partial charge on any atom is -0.352 e. The van der Waals surface area contributed by atoms with Crippen LogP contribution in [0, 0.1) is 5.92 Å². The van der Waals surface area contributed by atoms with Crippen LogP contribution in [0.1, 0.15) is 68.0 Å². The average molecular weight is 293 g/mol. The van der Waals surface area contributed by atoms with Crippen LogP contribution in [0.5, 0.6) is 0 Å². The van der Waals surface area contributed by atoms with Crippen LogP contribution in [0.2, 0.25) is 0 Å². The summed E-state index contributed by atoms with van der Waals surface area (Å²) in [5.74, 6) is 0.833. The van der Waals surface area contributed by atoms with Crippen LogP contribution in [-0.4, -0.2) is 9.13 Å². The Morgan fingerprint density at radius 3 is 0.810 bits per heavy atom. The van der Waals surface area contributed by atoms with Gasteiger partial charge in [0.15, 0.2) is 0 Å². The van der Waals surface area contributed by atoms with Gasteiger partial charge in [-0.1, -0.05) is 28.2 Å².